The van der Waals surface area contributed by atoms with E-state index in [9.17, 15) is 9.59 Å². The van der Waals surface area contributed by atoms with Crippen LogP contribution in [0.25, 0.3) is 0 Å². The van der Waals surface area contributed by atoms with Crippen LogP contribution in [-0.2, 0) is 15.9 Å². The molecule has 2 atom stereocenters. The summed E-state index contributed by atoms with van der Waals surface area (Å²) in [6, 6.07) is 15.6. The molecule has 220 valence electrons. The van der Waals surface area contributed by atoms with Gasteiger partial charge in [-0.15, -0.1) is 0 Å². The zero-order valence-corrected chi connectivity index (χ0v) is 25.1. The summed E-state index contributed by atoms with van der Waals surface area (Å²) >= 11 is 0. The summed E-state index contributed by atoms with van der Waals surface area (Å²) in [4.78, 5) is 30.6. The van der Waals surface area contributed by atoms with Crippen molar-refractivity contribution in [3.05, 3.63) is 59.7 Å². The van der Waals surface area contributed by atoms with E-state index >= 15 is 0 Å². The van der Waals surface area contributed by atoms with Crippen molar-refractivity contribution in [1.82, 2.24) is 9.80 Å². The van der Waals surface area contributed by atoms with E-state index in [0.717, 1.165) is 12.8 Å². The molecule has 2 aromatic rings. The second-order valence-electron chi connectivity index (χ2n) is 11.7. The van der Waals surface area contributed by atoms with Gasteiger partial charge in [-0.3, -0.25) is 4.79 Å². The van der Waals surface area contributed by atoms with Crippen LogP contribution >= 0.6 is 0 Å². The van der Waals surface area contributed by atoms with Gasteiger partial charge in [0.2, 0.25) is 0 Å². The van der Waals surface area contributed by atoms with E-state index in [1.165, 1.54) is 5.56 Å². The van der Waals surface area contributed by atoms with Crippen LogP contribution in [0.15, 0.2) is 48.5 Å². The Bertz CT molecular complexity index is 1100. The van der Waals surface area contributed by atoms with Crippen LogP contribution in [0.5, 0.6) is 11.5 Å². The van der Waals surface area contributed by atoms with Crippen LogP contribution in [0.4, 0.5) is 4.79 Å². The van der Waals surface area contributed by atoms with E-state index in [1.807, 2.05) is 57.7 Å². The summed E-state index contributed by atoms with van der Waals surface area (Å²) in [5.41, 5.74) is 1.19. The number of hydrogen-bond donors (Lipinski definition) is 0. The van der Waals surface area contributed by atoms with Crippen molar-refractivity contribution < 1.29 is 28.5 Å². The number of nitrogens with zero attached hydrogens (tertiary/aromatic N) is 2. The van der Waals surface area contributed by atoms with Crippen molar-refractivity contribution in [1.29, 1.82) is 0 Å². The van der Waals surface area contributed by atoms with E-state index in [-0.39, 0.29) is 29.9 Å². The molecule has 1 heterocycles. The molecule has 2 amide bonds. The fraction of sp³-hybridized carbons (Fsp3) is 0.562. The molecule has 8 nitrogen and oxygen atoms in total. The molecule has 1 saturated heterocycles. The first kappa shape index (κ1) is 31.3. The summed E-state index contributed by atoms with van der Waals surface area (Å²) in [7, 11) is 3.24. The van der Waals surface area contributed by atoms with Crippen molar-refractivity contribution in [2.75, 3.05) is 47.1 Å². The van der Waals surface area contributed by atoms with Gasteiger partial charge in [0, 0.05) is 51.4 Å². The van der Waals surface area contributed by atoms with Crippen LogP contribution in [-0.4, -0.2) is 80.5 Å². The molecule has 0 radical (unpaired) electrons. The number of amides is 2. The van der Waals surface area contributed by atoms with Gasteiger partial charge in [0.15, 0.2) is 11.5 Å². The summed E-state index contributed by atoms with van der Waals surface area (Å²) in [6.07, 6.45) is 1.25. The molecule has 2 aromatic carbocycles. The highest BCUT2D eigenvalue weighted by molar-refractivity contribution is 5.95. The summed E-state index contributed by atoms with van der Waals surface area (Å²) in [5.74, 6) is 1.33. The Morgan fingerprint density at radius 1 is 0.975 bits per heavy atom. The van der Waals surface area contributed by atoms with E-state index in [1.54, 1.807) is 37.3 Å². The number of carbonyl (C=O) groups is 2. The molecule has 0 N–H and O–H groups in total. The zero-order valence-electron chi connectivity index (χ0n) is 25.1. The number of ether oxygens (including phenoxy) is 4. The van der Waals surface area contributed by atoms with E-state index in [4.69, 9.17) is 18.9 Å². The second kappa shape index (κ2) is 14.4. The number of carbonyl (C=O) groups excluding carboxylic acids is 2. The van der Waals surface area contributed by atoms with Crippen LogP contribution in [0.2, 0.25) is 0 Å². The number of methoxy groups -OCH3 is 2. The summed E-state index contributed by atoms with van der Waals surface area (Å²) in [5, 5.41) is 0. The van der Waals surface area contributed by atoms with Crippen molar-refractivity contribution in [3.63, 3.8) is 0 Å². The minimum absolute atomic E-state index is 0.0337. The Morgan fingerprint density at radius 3 is 2.30 bits per heavy atom. The third kappa shape index (κ3) is 8.88. The van der Waals surface area contributed by atoms with E-state index in [0.29, 0.717) is 49.9 Å². The smallest absolute Gasteiger partial charge is 0.410 e. The first-order valence-electron chi connectivity index (χ1n) is 14.1. The van der Waals surface area contributed by atoms with Gasteiger partial charge in [-0.05, 0) is 76.6 Å². The van der Waals surface area contributed by atoms with Gasteiger partial charge in [0.1, 0.15) is 5.60 Å². The van der Waals surface area contributed by atoms with Gasteiger partial charge in [0.05, 0.1) is 13.7 Å². The van der Waals surface area contributed by atoms with Gasteiger partial charge in [0.25, 0.3) is 5.91 Å². The molecule has 40 heavy (non-hydrogen) atoms. The molecule has 0 bridgehead atoms. The lowest BCUT2D eigenvalue weighted by Gasteiger charge is -2.32. The van der Waals surface area contributed by atoms with Gasteiger partial charge < -0.3 is 28.7 Å². The number of benzene rings is 2. The molecule has 0 aliphatic carbocycles. The lowest BCUT2D eigenvalue weighted by molar-refractivity contribution is 0.0282. The standard InChI is InChI=1S/C32H46N2O6/c1-23(2)34(30(35)25-14-15-28(38-7)29(19-25)39-17-11-16-37-6)22-27-21-33(31(36)40-32(3,4)5)20-26(27)18-24-12-9-8-10-13-24/h8-10,12-15,19,23,26-27H,11,16-18,20-22H2,1-7H3/t26-,27+/m1/s1. The SMILES string of the molecule is COCCCOc1cc(C(=O)N(C[C@@H]2CN(C(=O)OC(C)(C)C)C[C@H]2Cc2ccccc2)C(C)C)ccc1OC. The largest absolute Gasteiger partial charge is 0.493 e. The Hall–Kier alpha value is -3.26. The maximum Gasteiger partial charge on any atom is 0.410 e. The van der Waals surface area contributed by atoms with Gasteiger partial charge in [-0.1, -0.05) is 30.3 Å². The fourth-order valence-electron chi connectivity index (χ4n) is 5.02. The molecule has 1 aliphatic rings. The normalized spacial score (nSPS) is 17.1. The number of hydrogen-bond acceptors (Lipinski definition) is 6. The van der Waals surface area contributed by atoms with Crippen LogP contribution in [0, 0.1) is 11.8 Å². The predicted octanol–water partition coefficient (Wildman–Crippen LogP) is 5.69. The van der Waals surface area contributed by atoms with E-state index < -0.39 is 5.60 Å². The summed E-state index contributed by atoms with van der Waals surface area (Å²) in [6.45, 7) is 12.4. The molecule has 0 spiro atoms. The Kier molecular flexibility index (Phi) is 11.3. The van der Waals surface area contributed by atoms with Gasteiger partial charge in [-0.2, -0.15) is 0 Å². The Morgan fingerprint density at radius 2 is 1.68 bits per heavy atom. The van der Waals surface area contributed by atoms with Crippen LogP contribution < -0.4 is 9.47 Å². The first-order valence-corrected chi connectivity index (χ1v) is 14.1. The quantitative estimate of drug-likeness (QED) is 0.314. The van der Waals surface area contributed by atoms with Gasteiger partial charge in [-0.25, -0.2) is 4.79 Å². The lowest BCUT2D eigenvalue weighted by atomic mass is 9.89. The number of likely N-dealkylation sites (tertiary alicyclic amines) is 1. The Labute approximate surface area is 239 Å². The van der Waals surface area contributed by atoms with Crippen molar-refractivity contribution in [3.8, 4) is 11.5 Å². The molecular formula is C32H46N2O6. The fourth-order valence-corrected chi connectivity index (χ4v) is 5.02. The predicted molar refractivity (Wildman–Crippen MR) is 156 cm³/mol. The third-order valence-corrected chi connectivity index (χ3v) is 7.05. The average Bonchev–Trinajstić information content (AvgIpc) is 3.31. The monoisotopic (exact) mass is 554 g/mol. The molecular weight excluding hydrogens is 508 g/mol. The van der Waals surface area contributed by atoms with E-state index in [2.05, 4.69) is 12.1 Å². The topological polar surface area (TPSA) is 77.5 Å². The highest BCUT2D eigenvalue weighted by atomic mass is 16.6. The minimum atomic E-state index is -0.568. The van der Waals surface area contributed by atoms with Gasteiger partial charge >= 0.3 is 6.09 Å². The van der Waals surface area contributed by atoms with Crippen LogP contribution in [0.1, 0.15) is 57.0 Å². The molecule has 8 heteroatoms. The lowest BCUT2D eigenvalue weighted by Crippen LogP contribution is -2.42. The van der Waals surface area contributed by atoms with Crippen molar-refractivity contribution in [2.45, 2.75) is 59.1 Å². The molecule has 1 fully saturated rings. The minimum Gasteiger partial charge on any atom is -0.493 e. The second-order valence-corrected chi connectivity index (χ2v) is 11.7. The molecule has 0 saturated carbocycles. The Balaban J connectivity index is 1.81. The highest BCUT2D eigenvalue weighted by Gasteiger charge is 2.39. The molecule has 3 rings (SSSR count). The first-order chi connectivity index (χ1) is 19.0. The maximum atomic E-state index is 13.9. The zero-order chi connectivity index (χ0) is 29.3. The molecule has 0 unspecified atom stereocenters. The average molecular weight is 555 g/mol. The summed E-state index contributed by atoms with van der Waals surface area (Å²) < 4.78 is 22.2. The maximum absolute atomic E-state index is 13.9. The van der Waals surface area contributed by atoms with Crippen molar-refractivity contribution in [2.24, 2.45) is 11.8 Å². The third-order valence-electron chi connectivity index (χ3n) is 7.05. The van der Waals surface area contributed by atoms with Crippen molar-refractivity contribution >= 4 is 12.0 Å². The van der Waals surface area contributed by atoms with Crippen LogP contribution in [0.3, 0.4) is 0 Å². The molecule has 1 aliphatic heterocycles. The highest BCUT2D eigenvalue weighted by Crippen LogP contribution is 2.32. The molecule has 0 aromatic heterocycles. The number of rotatable bonds is 12.